The van der Waals surface area contributed by atoms with Crippen LogP contribution >= 0.6 is 15.9 Å². The molecule has 2 N–H and O–H groups in total. The minimum atomic E-state index is -0.652. The summed E-state index contributed by atoms with van der Waals surface area (Å²) < 4.78 is 16.6. The number of methoxy groups -OCH3 is 2. The van der Waals surface area contributed by atoms with Crippen LogP contribution in [-0.2, 0) is 14.3 Å². The number of esters is 1. The van der Waals surface area contributed by atoms with Gasteiger partial charge in [-0.3, -0.25) is 4.79 Å². The number of hydrogen-bond donors (Lipinski definition) is 2. The number of ether oxygens (including phenoxy) is 3. The standard InChI is InChI=1S/C28H30BrNO6/c1-5-10-36-28(33)24-15(2)30-21-12-17(16-6-8-19(34-3)9-7-16)13-22(31)26(21)25(24)18-11-20(29)27(32)23(14-18)35-4/h6-9,11,14,17,25,30,32H,5,10,12-13H2,1-4H3/t17-,25-/m0/s1. The molecule has 2 aromatic carbocycles. The monoisotopic (exact) mass is 555 g/mol. The number of dihydropyridines is 1. The Morgan fingerprint density at radius 3 is 2.47 bits per heavy atom. The zero-order valence-electron chi connectivity index (χ0n) is 20.8. The molecule has 2 aromatic rings. The first kappa shape index (κ1) is 25.8. The summed E-state index contributed by atoms with van der Waals surface area (Å²) >= 11 is 3.38. The summed E-state index contributed by atoms with van der Waals surface area (Å²) in [5.74, 6) is -0.193. The van der Waals surface area contributed by atoms with E-state index in [0.29, 0.717) is 46.1 Å². The van der Waals surface area contributed by atoms with Crippen molar-refractivity contribution >= 4 is 27.7 Å². The van der Waals surface area contributed by atoms with Gasteiger partial charge in [-0.25, -0.2) is 4.79 Å². The second-order valence-electron chi connectivity index (χ2n) is 8.98. The highest BCUT2D eigenvalue weighted by molar-refractivity contribution is 9.10. The molecule has 190 valence electrons. The van der Waals surface area contributed by atoms with Crippen LogP contribution in [0.4, 0.5) is 0 Å². The molecule has 7 nitrogen and oxygen atoms in total. The van der Waals surface area contributed by atoms with Crippen LogP contribution in [0, 0.1) is 0 Å². The van der Waals surface area contributed by atoms with Crippen molar-refractivity contribution in [2.24, 2.45) is 0 Å². The number of rotatable bonds is 7. The molecule has 1 aliphatic heterocycles. The molecule has 36 heavy (non-hydrogen) atoms. The molecule has 1 heterocycles. The molecule has 2 aliphatic rings. The Labute approximate surface area is 219 Å². The van der Waals surface area contributed by atoms with E-state index in [0.717, 1.165) is 17.0 Å². The third-order valence-electron chi connectivity index (χ3n) is 6.68. The number of benzene rings is 2. The van der Waals surface area contributed by atoms with Gasteiger partial charge in [0, 0.05) is 29.3 Å². The van der Waals surface area contributed by atoms with E-state index in [-0.39, 0.29) is 29.8 Å². The van der Waals surface area contributed by atoms with Crippen molar-refractivity contribution in [3.05, 3.63) is 74.5 Å². The number of allylic oxidation sites excluding steroid dienone is 3. The average molecular weight is 556 g/mol. The van der Waals surface area contributed by atoms with Crippen LogP contribution in [0.5, 0.6) is 17.2 Å². The molecule has 4 rings (SSSR count). The first-order valence-corrected chi connectivity index (χ1v) is 12.7. The quantitative estimate of drug-likeness (QED) is 0.436. The van der Waals surface area contributed by atoms with Crippen LogP contribution in [0.2, 0.25) is 0 Å². The molecule has 0 spiro atoms. The summed E-state index contributed by atoms with van der Waals surface area (Å²) in [5, 5.41) is 13.7. The van der Waals surface area contributed by atoms with Gasteiger partial charge in [0.15, 0.2) is 17.3 Å². The van der Waals surface area contributed by atoms with E-state index < -0.39 is 11.9 Å². The van der Waals surface area contributed by atoms with Crippen molar-refractivity contribution in [2.75, 3.05) is 20.8 Å². The smallest absolute Gasteiger partial charge is 0.336 e. The summed E-state index contributed by atoms with van der Waals surface area (Å²) in [6.07, 6.45) is 1.62. The Kier molecular flexibility index (Phi) is 7.73. The number of Topliss-reactive ketones (excluding diaryl/α,β-unsaturated/α-hetero) is 1. The van der Waals surface area contributed by atoms with E-state index in [4.69, 9.17) is 14.2 Å². The molecule has 0 saturated heterocycles. The summed E-state index contributed by atoms with van der Waals surface area (Å²) in [4.78, 5) is 27.0. The van der Waals surface area contributed by atoms with Crippen LogP contribution in [-0.4, -0.2) is 37.7 Å². The highest BCUT2D eigenvalue weighted by Crippen LogP contribution is 2.48. The number of halogens is 1. The van der Waals surface area contributed by atoms with E-state index in [2.05, 4.69) is 21.2 Å². The van der Waals surface area contributed by atoms with Crippen molar-refractivity contribution in [3.63, 3.8) is 0 Å². The molecular weight excluding hydrogens is 526 g/mol. The summed E-state index contributed by atoms with van der Waals surface area (Å²) in [5.41, 5.74) is 4.09. The van der Waals surface area contributed by atoms with Gasteiger partial charge >= 0.3 is 5.97 Å². The molecule has 0 saturated carbocycles. The van der Waals surface area contributed by atoms with Gasteiger partial charge < -0.3 is 24.6 Å². The number of ketones is 1. The lowest BCUT2D eigenvalue weighted by molar-refractivity contribution is -0.139. The number of aromatic hydroxyl groups is 1. The SMILES string of the molecule is CCCOC(=O)C1=C(C)NC2=C(C(=O)C[C@@H](c3ccc(OC)cc3)C2)[C@H]1c1cc(Br)c(O)c(OC)c1. The van der Waals surface area contributed by atoms with Gasteiger partial charge in [-0.2, -0.15) is 0 Å². The molecular formula is C28H30BrNO6. The second kappa shape index (κ2) is 10.8. The number of carbonyl (C=O) groups excluding carboxylic acids is 2. The average Bonchev–Trinajstić information content (AvgIpc) is 2.87. The van der Waals surface area contributed by atoms with Crippen molar-refractivity contribution in [1.82, 2.24) is 5.32 Å². The number of phenolic OH excluding ortho intramolecular Hbond substituents is 1. The molecule has 8 heteroatoms. The molecule has 2 atom stereocenters. The molecule has 0 unspecified atom stereocenters. The predicted octanol–water partition coefficient (Wildman–Crippen LogP) is 5.49. The number of phenols is 1. The fourth-order valence-electron chi connectivity index (χ4n) is 4.94. The van der Waals surface area contributed by atoms with Crippen LogP contribution in [0.15, 0.2) is 63.4 Å². The normalized spacial score (nSPS) is 19.5. The first-order valence-electron chi connectivity index (χ1n) is 11.9. The lowest BCUT2D eigenvalue weighted by Gasteiger charge is -2.37. The van der Waals surface area contributed by atoms with Gasteiger partial charge in [0.05, 0.1) is 30.9 Å². The fourth-order valence-corrected chi connectivity index (χ4v) is 5.40. The predicted molar refractivity (Wildman–Crippen MR) is 139 cm³/mol. The Morgan fingerprint density at radius 1 is 1.11 bits per heavy atom. The number of hydrogen-bond acceptors (Lipinski definition) is 7. The van der Waals surface area contributed by atoms with E-state index in [9.17, 15) is 14.7 Å². The number of nitrogens with one attached hydrogen (secondary N) is 1. The number of carbonyl (C=O) groups is 2. The van der Waals surface area contributed by atoms with Crippen molar-refractivity contribution in [3.8, 4) is 17.2 Å². The van der Waals surface area contributed by atoms with Crippen LogP contribution in [0.25, 0.3) is 0 Å². The van der Waals surface area contributed by atoms with Gasteiger partial charge in [-0.15, -0.1) is 0 Å². The summed E-state index contributed by atoms with van der Waals surface area (Å²) in [7, 11) is 3.08. The summed E-state index contributed by atoms with van der Waals surface area (Å²) in [6.45, 7) is 4.04. The molecule has 0 fully saturated rings. The van der Waals surface area contributed by atoms with Crippen LogP contribution in [0.3, 0.4) is 0 Å². The lowest BCUT2D eigenvalue weighted by Crippen LogP contribution is -2.36. The summed E-state index contributed by atoms with van der Waals surface area (Å²) in [6, 6.07) is 11.2. The van der Waals surface area contributed by atoms with Gasteiger partial charge in [-0.1, -0.05) is 19.1 Å². The van der Waals surface area contributed by atoms with Crippen LogP contribution < -0.4 is 14.8 Å². The van der Waals surface area contributed by atoms with Gasteiger partial charge in [0.1, 0.15) is 5.75 Å². The highest BCUT2D eigenvalue weighted by atomic mass is 79.9. The third-order valence-corrected chi connectivity index (χ3v) is 7.28. The maximum Gasteiger partial charge on any atom is 0.336 e. The Balaban J connectivity index is 1.81. The van der Waals surface area contributed by atoms with Crippen LogP contribution in [0.1, 0.15) is 56.1 Å². The fraction of sp³-hybridized carbons (Fsp3) is 0.357. The molecule has 0 aromatic heterocycles. The second-order valence-corrected chi connectivity index (χ2v) is 9.83. The van der Waals surface area contributed by atoms with E-state index in [1.165, 1.54) is 7.11 Å². The van der Waals surface area contributed by atoms with Crippen molar-refractivity contribution < 1.29 is 28.9 Å². The van der Waals surface area contributed by atoms with Gasteiger partial charge in [0.25, 0.3) is 0 Å². The van der Waals surface area contributed by atoms with E-state index >= 15 is 0 Å². The van der Waals surface area contributed by atoms with Gasteiger partial charge in [0.2, 0.25) is 0 Å². The first-order chi connectivity index (χ1) is 17.3. The minimum Gasteiger partial charge on any atom is -0.503 e. The minimum absolute atomic E-state index is 0.00205. The molecule has 1 aliphatic carbocycles. The molecule has 0 radical (unpaired) electrons. The zero-order chi connectivity index (χ0) is 26.0. The Morgan fingerprint density at radius 2 is 1.83 bits per heavy atom. The van der Waals surface area contributed by atoms with E-state index in [1.807, 2.05) is 38.1 Å². The van der Waals surface area contributed by atoms with Gasteiger partial charge in [-0.05, 0) is 77.0 Å². The maximum absolute atomic E-state index is 13.7. The highest BCUT2D eigenvalue weighted by Gasteiger charge is 2.42. The lowest BCUT2D eigenvalue weighted by atomic mass is 9.71. The molecule has 0 bridgehead atoms. The Hall–Kier alpha value is -3.26. The topological polar surface area (TPSA) is 94.1 Å². The molecule has 0 amide bonds. The van der Waals surface area contributed by atoms with Crippen molar-refractivity contribution in [2.45, 2.75) is 44.9 Å². The van der Waals surface area contributed by atoms with E-state index in [1.54, 1.807) is 19.2 Å². The Bertz CT molecular complexity index is 1250. The zero-order valence-corrected chi connectivity index (χ0v) is 22.4. The van der Waals surface area contributed by atoms with Crippen molar-refractivity contribution in [1.29, 1.82) is 0 Å². The maximum atomic E-state index is 13.7. The third kappa shape index (κ3) is 4.87. The largest absolute Gasteiger partial charge is 0.503 e.